The first-order valence-electron chi connectivity index (χ1n) is 7.65. The summed E-state index contributed by atoms with van der Waals surface area (Å²) >= 11 is 0. The van der Waals surface area contributed by atoms with Crippen LogP contribution in [0.25, 0.3) is 10.9 Å². The fraction of sp³-hybridized carbons (Fsp3) is 0.412. The Labute approximate surface area is 127 Å². The molecule has 2 aliphatic heterocycles. The van der Waals surface area contributed by atoms with Gasteiger partial charge in [0.2, 0.25) is 0 Å². The summed E-state index contributed by atoms with van der Waals surface area (Å²) in [4.78, 5) is 18.6. The van der Waals surface area contributed by atoms with Crippen molar-refractivity contribution in [2.45, 2.75) is 24.9 Å². The number of carbonyl (C=O) groups is 1. The molecule has 5 heteroatoms. The number of nitrogens with zero attached hydrogens (tertiary/aromatic N) is 2. The van der Waals surface area contributed by atoms with Crippen LogP contribution in [0.15, 0.2) is 30.3 Å². The molecule has 1 aromatic heterocycles. The number of benzene rings is 1. The maximum Gasteiger partial charge on any atom is 0.272 e. The second kappa shape index (κ2) is 5.02. The summed E-state index contributed by atoms with van der Waals surface area (Å²) in [7, 11) is 0. The SMILES string of the molecule is O=C(c1ccc2cccc(F)c2n1)N1CCC2(CCO2)CC1. The minimum Gasteiger partial charge on any atom is -0.375 e. The molecule has 0 atom stereocenters. The highest BCUT2D eigenvalue weighted by Crippen LogP contribution is 2.36. The van der Waals surface area contributed by atoms with Crippen molar-refractivity contribution in [1.82, 2.24) is 9.88 Å². The first-order valence-corrected chi connectivity index (χ1v) is 7.65. The monoisotopic (exact) mass is 300 g/mol. The van der Waals surface area contributed by atoms with Crippen LogP contribution in [0.3, 0.4) is 0 Å². The van der Waals surface area contributed by atoms with Crippen LogP contribution in [0.5, 0.6) is 0 Å². The van der Waals surface area contributed by atoms with Gasteiger partial charge in [-0.15, -0.1) is 0 Å². The molecule has 0 radical (unpaired) electrons. The average Bonchev–Trinajstić information content (AvgIpc) is 2.53. The van der Waals surface area contributed by atoms with E-state index in [1.54, 1.807) is 29.2 Å². The normalized spacial score (nSPS) is 20.1. The molecule has 0 saturated carbocycles. The first kappa shape index (κ1) is 13.6. The number of fused-ring (bicyclic) bond motifs is 1. The summed E-state index contributed by atoms with van der Waals surface area (Å²) in [5.41, 5.74) is 0.576. The third-order valence-corrected chi connectivity index (χ3v) is 4.82. The number of hydrogen-bond donors (Lipinski definition) is 0. The number of pyridine rings is 1. The van der Waals surface area contributed by atoms with E-state index >= 15 is 0 Å². The summed E-state index contributed by atoms with van der Waals surface area (Å²) in [6, 6.07) is 8.22. The maximum atomic E-state index is 13.8. The Balaban J connectivity index is 1.56. The van der Waals surface area contributed by atoms with Crippen molar-refractivity contribution in [3.05, 3.63) is 41.8 Å². The largest absolute Gasteiger partial charge is 0.375 e. The van der Waals surface area contributed by atoms with Crippen LogP contribution in [0.1, 0.15) is 29.8 Å². The molecular weight excluding hydrogens is 283 g/mol. The van der Waals surface area contributed by atoms with Crippen LogP contribution >= 0.6 is 0 Å². The van der Waals surface area contributed by atoms with E-state index in [9.17, 15) is 9.18 Å². The lowest BCUT2D eigenvalue weighted by atomic mass is 9.84. The molecule has 2 aliphatic rings. The molecule has 2 aromatic rings. The Morgan fingerprint density at radius 2 is 1.95 bits per heavy atom. The van der Waals surface area contributed by atoms with E-state index in [1.165, 1.54) is 6.07 Å². The first-order chi connectivity index (χ1) is 10.7. The van der Waals surface area contributed by atoms with Gasteiger partial charge in [0.15, 0.2) is 0 Å². The number of aromatic nitrogens is 1. The van der Waals surface area contributed by atoms with E-state index in [0.717, 1.165) is 25.9 Å². The van der Waals surface area contributed by atoms with Gasteiger partial charge in [0.1, 0.15) is 17.0 Å². The van der Waals surface area contributed by atoms with E-state index < -0.39 is 5.82 Å². The van der Waals surface area contributed by atoms with E-state index in [2.05, 4.69) is 4.98 Å². The van der Waals surface area contributed by atoms with E-state index in [4.69, 9.17) is 4.74 Å². The number of piperidine rings is 1. The minimum atomic E-state index is -0.396. The number of para-hydroxylation sites is 1. The summed E-state index contributed by atoms with van der Waals surface area (Å²) < 4.78 is 19.5. The lowest BCUT2D eigenvalue weighted by Gasteiger charge is -2.47. The van der Waals surface area contributed by atoms with Gasteiger partial charge in [-0.25, -0.2) is 9.37 Å². The molecule has 2 saturated heterocycles. The third kappa shape index (κ3) is 2.16. The Morgan fingerprint density at radius 1 is 1.18 bits per heavy atom. The average molecular weight is 300 g/mol. The van der Waals surface area contributed by atoms with Gasteiger partial charge in [0.05, 0.1) is 12.2 Å². The number of hydrogen-bond acceptors (Lipinski definition) is 3. The zero-order valence-electron chi connectivity index (χ0n) is 12.2. The van der Waals surface area contributed by atoms with E-state index in [-0.39, 0.29) is 17.0 Å². The molecule has 4 nitrogen and oxygen atoms in total. The van der Waals surface area contributed by atoms with Crippen molar-refractivity contribution < 1.29 is 13.9 Å². The highest BCUT2D eigenvalue weighted by molar-refractivity contribution is 5.95. The topological polar surface area (TPSA) is 42.4 Å². The highest BCUT2D eigenvalue weighted by Gasteiger charge is 2.42. The second-order valence-corrected chi connectivity index (χ2v) is 6.08. The number of amides is 1. The Bertz CT molecular complexity index is 733. The zero-order valence-corrected chi connectivity index (χ0v) is 12.2. The molecule has 1 amide bonds. The van der Waals surface area contributed by atoms with Crippen LogP contribution in [0, 0.1) is 5.82 Å². The zero-order chi connectivity index (χ0) is 15.2. The molecule has 3 heterocycles. The van der Waals surface area contributed by atoms with Crippen LogP contribution in [-0.2, 0) is 4.74 Å². The highest BCUT2D eigenvalue weighted by atomic mass is 19.1. The van der Waals surface area contributed by atoms with Crippen LogP contribution in [0.2, 0.25) is 0 Å². The van der Waals surface area contributed by atoms with Gasteiger partial charge in [-0.1, -0.05) is 18.2 Å². The molecule has 2 fully saturated rings. The van der Waals surface area contributed by atoms with Crippen molar-refractivity contribution in [1.29, 1.82) is 0 Å². The molecule has 22 heavy (non-hydrogen) atoms. The molecule has 0 N–H and O–H groups in total. The van der Waals surface area contributed by atoms with E-state index in [0.29, 0.717) is 24.2 Å². The molecule has 0 unspecified atom stereocenters. The van der Waals surface area contributed by atoms with Crippen LogP contribution in [-0.4, -0.2) is 41.1 Å². The lowest BCUT2D eigenvalue weighted by Crippen LogP contribution is -2.53. The fourth-order valence-electron chi connectivity index (χ4n) is 3.29. The van der Waals surface area contributed by atoms with Gasteiger partial charge in [0, 0.05) is 18.5 Å². The van der Waals surface area contributed by atoms with Crippen molar-refractivity contribution in [2.24, 2.45) is 0 Å². The summed E-state index contributed by atoms with van der Waals surface area (Å²) in [6.45, 7) is 2.19. The predicted octanol–water partition coefficient (Wildman–Crippen LogP) is 2.77. The number of likely N-dealkylation sites (tertiary alicyclic amines) is 1. The van der Waals surface area contributed by atoms with E-state index in [1.807, 2.05) is 0 Å². The molecule has 1 aromatic carbocycles. The minimum absolute atomic E-state index is 0.0136. The van der Waals surface area contributed by atoms with Crippen molar-refractivity contribution in [3.8, 4) is 0 Å². The van der Waals surface area contributed by atoms with Gasteiger partial charge in [-0.2, -0.15) is 0 Å². The second-order valence-electron chi connectivity index (χ2n) is 6.08. The van der Waals surface area contributed by atoms with Gasteiger partial charge in [-0.3, -0.25) is 4.79 Å². The quantitative estimate of drug-likeness (QED) is 0.813. The Hall–Kier alpha value is -2.01. The predicted molar refractivity (Wildman–Crippen MR) is 80.1 cm³/mol. The smallest absolute Gasteiger partial charge is 0.272 e. The number of carbonyl (C=O) groups excluding carboxylic acids is 1. The van der Waals surface area contributed by atoms with Crippen molar-refractivity contribution in [2.75, 3.05) is 19.7 Å². The van der Waals surface area contributed by atoms with Crippen molar-refractivity contribution in [3.63, 3.8) is 0 Å². The molecule has 0 bridgehead atoms. The van der Waals surface area contributed by atoms with Gasteiger partial charge >= 0.3 is 0 Å². The number of halogens is 1. The van der Waals surface area contributed by atoms with Gasteiger partial charge < -0.3 is 9.64 Å². The summed E-state index contributed by atoms with van der Waals surface area (Å²) in [5.74, 6) is -0.521. The summed E-state index contributed by atoms with van der Waals surface area (Å²) in [5, 5.41) is 0.706. The van der Waals surface area contributed by atoms with Gasteiger partial charge in [-0.05, 0) is 31.4 Å². The molecule has 1 spiro atoms. The molecular formula is C17H17FN2O2. The fourth-order valence-corrected chi connectivity index (χ4v) is 3.29. The standard InChI is InChI=1S/C17H17FN2O2/c18-13-3-1-2-12-4-5-14(19-15(12)13)16(21)20-9-6-17(7-10-20)8-11-22-17/h1-5H,6-11H2. The maximum absolute atomic E-state index is 13.8. The van der Waals surface area contributed by atoms with Crippen LogP contribution in [0.4, 0.5) is 4.39 Å². The third-order valence-electron chi connectivity index (χ3n) is 4.82. The Kier molecular flexibility index (Phi) is 3.11. The lowest BCUT2D eigenvalue weighted by molar-refractivity contribution is -0.169. The van der Waals surface area contributed by atoms with Gasteiger partial charge in [0.25, 0.3) is 5.91 Å². The molecule has 114 valence electrons. The van der Waals surface area contributed by atoms with Crippen molar-refractivity contribution >= 4 is 16.8 Å². The molecule has 4 rings (SSSR count). The summed E-state index contributed by atoms with van der Waals surface area (Å²) in [6.07, 6.45) is 2.84. The molecule has 0 aliphatic carbocycles. The van der Waals surface area contributed by atoms with Crippen LogP contribution < -0.4 is 0 Å². The number of rotatable bonds is 1. The Morgan fingerprint density at radius 3 is 2.64 bits per heavy atom. The number of ether oxygens (including phenoxy) is 1.